The van der Waals surface area contributed by atoms with E-state index in [4.69, 9.17) is 9.26 Å². The zero-order chi connectivity index (χ0) is 27.9. The minimum atomic E-state index is -4.79. The molecule has 2 aromatic carbocycles. The van der Waals surface area contributed by atoms with Gasteiger partial charge in [-0.25, -0.2) is 4.57 Å². The first kappa shape index (κ1) is 29.4. The smallest absolute Gasteiger partial charge is 0.469 e. The number of halogens is 3. The van der Waals surface area contributed by atoms with Crippen LogP contribution in [-0.2, 0) is 15.3 Å². The first-order chi connectivity index (χ1) is 17.6. The van der Waals surface area contributed by atoms with Crippen molar-refractivity contribution in [1.29, 1.82) is 0 Å². The van der Waals surface area contributed by atoms with Crippen LogP contribution in [0.25, 0.3) is 10.8 Å². The Bertz CT molecular complexity index is 1170. The summed E-state index contributed by atoms with van der Waals surface area (Å²) in [5.74, 6) is 0.385. The average Bonchev–Trinajstić information content (AvgIpc) is 2.82. The molecule has 0 aromatic heterocycles. The third-order valence-electron chi connectivity index (χ3n) is 8.34. The molecular formula is C29H39F3O5P. The van der Waals surface area contributed by atoms with E-state index in [1.165, 1.54) is 44.2 Å². The predicted octanol–water partition coefficient (Wildman–Crippen LogP) is 8.60. The van der Waals surface area contributed by atoms with E-state index in [9.17, 15) is 27.5 Å². The van der Waals surface area contributed by atoms with Crippen molar-refractivity contribution in [3.8, 4) is 5.75 Å². The molecule has 0 saturated heterocycles. The van der Waals surface area contributed by atoms with E-state index >= 15 is 0 Å². The van der Waals surface area contributed by atoms with E-state index in [2.05, 4.69) is 0 Å². The highest BCUT2D eigenvalue weighted by molar-refractivity contribution is 7.46. The van der Waals surface area contributed by atoms with Crippen molar-refractivity contribution in [3.05, 3.63) is 47.4 Å². The van der Waals surface area contributed by atoms with Crippen LogP contribution in [0.1, 0.15) is 96.6 Å². The molecule has 0 amide bonds. The maximum absolute atomic E-state index is 14.4. The largest absolute Gasteiger partial charge is 0.490 e. The number of phosphoric acid groups is 1. The monoisotopic (exact) mass is 555 g/mol. The van der Waals surface area contributed by atoms with Gasteiger partial charge in [0, 0.05) is 5.92 Å². The highest BCUT2D eigenvalue weighted by Gasteiger charge is 2.41. The van der Waals surface area contributed by atoms with Gasteiger partial charge >= 0.3 is 14.0 Å². The van der Waals surface area contributed by atoms with E-state index in [0.29, 0.717) is 22.3 Å². The molecule has 2 aliphatic carbocycles. The average molecular weight is 556 g/mol. The fourth-order valence-electron chi connectivity index (χ4n) is 6.42. The number of phosphoric ester groups is 1. The van der Waals surface area contributed by atoms with Crippen LogP contribution in [0.2, 0.25) is 0 Å². The fourth-order valence-corrected chi connectivity index (χ4v) is 7.17. The molecule has 0 heterocycles. The van der Waals surface area contributed by atoms with E-state index in [-0.39, 0.29) is 17.2 Å². The number of benzene rings is 2. The molecule has 2 aromatic rings. The molecule has 2 fully saturated rings. The maximum atomic E-state index is 14.4. The Morgan fingerprint density at radius 2 is 1.63 bits per heavy atom. The molecule has 38 heavy (non-hydrogen) atoms. The van der Waals surface area contributed by atoms with Gasteiger partial charge in [0.15, 0.2) is 0 Å². The summed E-state index contributed by atoms with van der Waals surface area (Å²) >= 11 is 0. The summed E-state index contributed by atoms with van der Waals surface area (Å²) in [7, 11) is -4.79. The zero-order valence-corrected chi connectivity index (χ0v) is 23.5. The molecule has 9 heteroatoms. The summed E-state index contributed by atoms with van der Waals surface area (Å²) in [6.45, 7) is 7.02. The summed E-state index contributed by atoms with van der Waals surface area (Å²) in [5.41, 5.74) is -0.535. The second kappa shape index (κ2) is 10.8. The Morgan fingerprint density at radius 3 is 2.18 bits per heavy atom. The van der Waals surface area contributed by atoms with Crippen molar-refractivity contribution in [2.75, 3.05) is 0 Å². The number of hydrogen-bond acceptors (Lipinski definition) is 3. The van der Waals surface area contributed by atoms with Crippen LogP contribution in [0.4, 0.5) is 13.2 Å². The quantitative estimate of drug-likeness (QED) is 0.349. The Labute approximate surface area is 223 Å². The van der Waals surface area contributed by atoms with Crippen LogP contribution in [-0.4, -0.2) is 22.0 Å². The zero-order valence-electron chi connectivity index (χ0n) is 22.6. The summed E-state index contributed by atoms with van der Waals surface area (Å²) in [6, 6.07) is 7.60. The van der Waals surface area contributed by atoms with Crippen LogP contribution in [0.15, 0.2) is 30.3 Å². The maximum Gasteiger partial charge on any atom is 0.469 e. The van der Waals surface area contributed by atoms with Gasteiger partial charge in [-0.3, -0.25) is 4.52 Å². The van der Waals surface area contributed by atoms with Gasteiger partial charge < -0.3 is 14.5 Å². The summed E-state index contributed by atoms with van der Waals surface area (Å²) < 4.78 is 65.8. The van der Waals surface area contributed by atoms with Gasteiger partial charge in [0.2, 0.25) is 0 Å². The van der Waals surface area contributed by atoms with Crippen LogP contribution in [0.3, 0.4) is 0 Å². The Hall–Kier alpha value is -1.60. The molecule has 211 valence electrons. The topological polar surface area (TPSA) is 76.0 Å². The highest BCUT2D eigenvalue weighted by atomic mass is 31.2. The van der Waals surface area contributed by atoms with E-state index in [1.807, 2.05) is 0 Å². The summed E-state index contributed by atoms with van der Waals surface area (Å²) in [4.78, 5) is 18.8. The minimum absolute atomic E-state index is 0.0364. The normalized spacial score (nSPS) is 20.3. The predicted molar refractivity (Wildman–Crippen MR) is 142 cm³/mol. The standard InChI is InChI=1S/C29H39F3O5P/c1-19(26(27(2,3)4)37-38(33,34)35)20-8-10-23-21(18-20)9-11-24(25(23)29(30,31)32)36-22-12-16-28(17-13-22)14-6-5-7-15-28/h8-11,18,22,26H,5-7,12-17H2,1-4H3,(H2,33,34,35). The number of hydrogen-bond donors (Lipinski definition) is 2. The van der Waals surface area contributed by atoms with Crippen LogP contribution < -0.4 is 4.74 Å². The van der Waals surface area contributed by atoms with Gasteiger partial charge in [-0.2, -0.15) is 13.2 Å². The lowest BCUT2D eigenvalue weighted by molar-refractivity contribution is -0.138. The van der Waals surface area contributed by atoms with Crippen molar-refractivity contribution in [1.82, 2.24) is 0 Å². The van der Waals surface area contributed by atoms with Gasteiger partial charge in [0.1, 0.15) is 11.3 Å². The Morgan fingerprint density at radius 1 is 1.00 bits per heavy atom. The molecule has 2 N–H and O–H groups in total. The number of ether oxygens (including phenoxy) is 1. The fraction of sp³-hybridized carbons (Fsp3) is 0.621. The molecule has 5 nitrogen and oxygen atoms in total. The molecular weight excluding hydrogens is 516 g/mol. The van der Waals surface area contributed by atoms with E-state index < -0.39 is 31.1 Å². The third-order valence-corrected chi connectivity index (χ3v) is 8.83. The second-order valence-corrected chi connectivity index (χ2v) is 13.5. The number of rotatable bonds is 6. The Kier molecular flexibility index (Phi) is 8.32. The highest BCUT2D eigenvalue weighted by Crippen LogP contribution is 2.50. The summed E-state index contributed by atoms with van der Waals surface area (Å²) in [5, 5.41) is 0.407. The Balaban J connectivity index is 1.61. The molecule has 1 spiro atoms. The van der Waals surface area contributed by atoms with Crippen LogP contribution in [0.5, 0.6) is 5.75 Å². The van der Waals surface area contributed by atoms with Crippen molar-refractivity contribution >= 4 is 18.6 Å². The van der Waals surface area contributed by atoms with Gasteiger partial charge in [-0.05, 0) is 71.8 Å². The van der Waals surface area contributed by atoms with Crippen LogP contribution in [0, 0.1) is 16.7 Å². The molecule has 1 unspecified atom stereocenters. The number of alkyl halides is 3. The molecule has 2 saturated carbocycles. The number of fused-ring (bicyclic) bond motifs is 1. The van der Waals surface area contributed by atoms with Gasteiger partial charge in [0.25, 0.3) is 0 Å². The summed E-state index contributed by atoms with van der Waals surface area (Å²) in [6.07, 6.45) is 4.00. The molecule has 4 rings (SSSR count). The molecule has 0 bridgehead atoms. The lowest BCUT2D eigenvalue weighted by atomic mass is 9.65. The van der Waals surface area contributed by atoms with Crippen molar-refractivity contribution in [3.63, 3.8) is 0 Å². The van der Waals surface area contributed by atoms with Gasteiger partial charge in [-0.15, -0.1) is 0 Å². The first-order valence-corrected chi connectivity index (χ1v) is 15.0. The molecule has 1 radical (unpaired) electrons. The SMILES string of the molecule is C[C](c1ccc2c(C(F)(F)F)c(OC3CCC4(CCCCC4)CC3)ccc2c1)C(OP(=O)(O)O)C(C)(C)C. The lowest BCUT2D eigenvalue weighted by Crippen LogP contribution is -2.34. The second-order valence-electron chi connectivity index (χ2n) is 12.3. The van der Waals surface area contributed by atoms with Crippen LogP contribution >= 0.6 is 7.82 Å². The van der Waals surface area contributed by atoms with Gasteiger partial charge in [-0.1, -0.05) is 71.2 Å². The molecule has 1 atom stereocenters. The van der Waals surface area contributed by atoms with Gasteiger partial charge in [0.05, 0.1) is 12.2 Å². The molecule has 0 aliphatic heterocycles. The molecule has 2 aliphatic rings. The van der Waals surface area contributed by atoms with Crippen molar-refractivity contribution in [2.45, 2.75) is 104 Å². The van der Waals surface area contributed by atoms with Crippen molar-refractivity contribution < 1.29 is 36.8 Å². The third kappa shape index (κ3) is 6.75. The minimum Gasteiger partial charge on any atom is -0.490 e. The lowest BCUT2D eigenvalue weighted by Gasteiger charge is -2.43. The van der Waals surface area contributed by atoms with E-state index in [0.717, 1.165) is 25.7 Å². The first-order valence-electron chi connectivity index (χ1n) is 13.5. The van der Waals surface area contributed by atoms with E-state index in [1.54, 1.807) is 45.9 Å². The van der Waals surface area contributed by atoms with Crippen molar-refractivity contribution in [2.24, 2.45) is 10.8 Å².